The molecule has 0 fully saturated rings. The van der Waals surface area contributed by atoms with Crippen LogP contribution in [0.25, 0.3) is 0 Å². The molecule has 2 aromatic rings. The van der Waals surface area contributed by atoms with Crippen LogP contribution in [0, 0.1) is 0 Å². The number of ether oxygens (including phenoxy) is 1. The maximum atomic E-state index is 12.1. The van der Waals surface area contributed by atoms with Crippen molar-refractivity contribution in [1.82, 2.24) is 9.97 Å². The van der Waals surface area contributed by atoms with Crippen molar-refractivity contribution in [3.8, 4) is 5.75 Å². The lowest BCUT2D eigenvalue weighted by Crippen LogP contribution is -2.16. The van der Waals surface area contributed by atoms with Crippen molar-refractivity contribution in [2.24, 2.45) is 0 Å². The average molecular weight is 287 g/mol. The number of rotatable bonds is 4. The van der Waals surface area contributed by atoms with E-state index >= 15 is 0 Å². The van der Waals surface area contributed by atoms with Crippen molar-refractivity contribution >= 4 is 23.5 Å². The van der Waals surface area contributed by atoms with Gasteiger partial charge in [0, 0.05) is 25.7 Å². The molecule has 7 heteroatoms. The predicted molar refractivity (Wildman–Crippen MR) is 81.7 cm³/mol. The molecule has 0 radical (unpaired) electrons. The molecule has 2 rings (SSSR count). The van der Waals surface area contributed by atoms with Gasteiger partial charge < -0.3 is 20.7 Å². The fraction of sp³-hybridized carbons (Fsp3) is 0.214. The molecule has 1 heterocycles. The van der Waals surface area contributed by atoms with Crippen molar-refractivity contribution in [3.63, 3.8) is 0 Å². The number of nitrogens with two attached hydrogens (primary N) is 1. The topological polar surface area (TPSA) is 93.4 Å². The Balaban J connectivity index is 2.18. The molecule has 0 atom stereocenters. The summed E-state index contributed by atoms with van der Waals surface area (Å²) in [5.74, 6) is 1.49. The molecular weight excluding hydrogens is 270 g/mol. The molecule has 0 aliphatic rings. The van der Waals surface area contributed by atoms with Crippen LogP contribution in [0.4, 0.5) is 17.6 Å². The zero-order chi connectivity index (χ0) is 15.4. The summed E-state index contributed by atoms with van der Waals surface area (Å²) in [7, 11) is 5.23. The van der Waals surface area contributed by atoms with Crippen LogP contribution < -0.4 is 20.7 Å². The lowest BCUT2D eigenvalue weighted by molar-refractivity contribution is 0.102. The van der Waals surface area contributed by atoms with Gasteiger partial charge >= 0.3 is 0 Å². The van der Waals surface area contributed by atoms with Gasteiger partial charge in [0.1, 0.15) is 17.4 Å². The Bertz CT molecular complexity index is 640. The first-order valence-electron chi connectivity index (χ1n) is 6.27. The number of nitrogens with one attached hydrogen (secondary N) is 1. The maximum Gasteiger partial charge on any atom is 0.256 e. The fourth-order valence-corrected chi connectivity index (χ4v) is 1.68. The van der Waals surface area contributed by atoms with Crippen LogP contribution in [0.3, 0.4) is 0 Å². The van der Waals surface area contributed by atoms with Gasteiger partial charge in [-0.05, 0) is 24.3 Å². The van der Waals surface area contributed by atoms with Gasteiger partial charge in [0.05, 0.1) is 7.11 Å². The number of anilines is 3. The molecule has 3 N–H and O–H groups in total. The van der Waals surface area contributed by atoms with Crippen LogP contribution in [-0.2, 0) is 0 Å². The minimum absolute atomic E-state index is 0.103. The smallest absolute Gasteiger partial charge is 0.256 e. The van der Waals surface area contributed by atoms with E-state index in [1.54, 1.807) is 42.3 Å². The van der Waals surface area contributed by atoms with Crippen LogP contribution >= 0.6 is 0 Å². The Morgan fingerprint density at radius 2 is 1.90 bits per heavy atom. The van der Waals surface area contributed by atoms with Gasteiger partial charge in [-0.15, -0.1) is 0 Å². The summed E-state index contributed by atoms with van der Waals surface area (Å²) in [6.45, 7) is 0. The highest BCUT2D eigenvalue weighted by Crippen LogP contribution is 2.16. The number of nitrogens with zero attached hydrogens (tertiary/aromatic N) is 3. The van der Waals surface area contributed by atoms with E-state index in [4.69, 9.17) is 10.5 Å². The summed E-state index contributed by atoms with van der Waals surface area (Å²) < 4.78 is 5.05. The standard InChI is InChI=1S/C14H17N5O2/c1-19(2)12-8-11(17-14(15)18-12)16-13(20)9-4-6-10(21-3)7-5-9/h4-8H,1-3H3,(H3,15,16,17,18,20). The third-order valence-electron chi connectivity index (χ3n) is 2.78. The molecule has 0 spiro atoms. The van der Waals surface area contributed by atoms with Crippen molar-refractivity contribution in [2.45, 2.75) is 0 Å². The minimum Gasteiger partial charge on any atom is -0.497 e. The first-order chi connectivity index (χ1) is 9.99. The number of amides is 1. The SMILES string of the molecule is COc1ccc(C(=O)Nc2cc(N(C)C)nc(N)n2)cc1. The summed E-state index contributed by atoms with van der Waals surface area (Å²) >= 11 is 0. The Hall–Kier alpha value is -2.83. The summed E-state index contributed by atoms with van der Waals surface area (Å²) in [4.78, 5) is 22.0. The molecule has 1 aromatic heterocycles. The Morgan fingerprint density at radius 3 is 2.48 bits per heavy atom. The average Bonchev–Trinajstić information content (AvgIpc) is 2.46. The molecule has 0 saturated carbocycles. The molecule has 0 saturated heterocycles. The predicted octanol–water partition coefficient (Wildman–Crippen LogP) is 1.39. The lowest BCUT2D eigenvalue weighted by atomic mass is 10.2. The third-order valence-corrected chi connectivity index (χ3v) is 2.78. The second-order valence-electron chi connectivity index (χ2n) is 4.55. The number of benzene rings is 1. The van der Waals surface area contributed by atoms with Gasteiger partial charge in [-0.1, -0.05) is 0 Å². The summed E-state index contributed by atoms with van der Waals surface area (Å²) in [5.41, 5.74) is 6.13. The number of carbonyl (C=O) groups is 1. The van der Waals surface area contributed by atoms with E-state index in [1.807, 2.05) is 14.1 Å². The van der Waals surface area contributed by atoms with Crippen molar-refractivity contribution < 1.29 is 9.53 Å². The lowest BCUT2D eigenvalue weighted by Gasteiger charge is -2.13. The van der Waals surface area contributed by atoms with Crippen molar-refractivity contribution in [1.29, 1.82) is 0 Å². The quantitative estimate of drug-likeness (QED) is 0.882. The second-order valence-corrected chi connectivity index (χ2v) is 4.55. The van der Waals surface area contributed by atoms with Crippen LogP contribution in [0.1, 0.15) is 10.4 Å². The van der Waals surface area contributed by atoms with Crippen molar-refractivity contribution in [2.75, 3.05) is 37.2 Å². The molecule has 0 bridgehead atoms. The largest absolute Gasteiger partial charge is 0.497 e. The number of nitrogen functional groups attached to an aromatic ring is 1. The van der Waals surface area contributed by atoms with Gasteiger partial charge in [0.25, 0.3) is 5.91 Å². The molecule has 1 amide bonds. The van der Waals surface area contributed by atoms with E-state index < -0.39 is 0 Å². The summed E-state index contributed by atoms with van der Waals surface area (Å²) in [6.07, 6.45) is 0. The summed E-state index contributed by atoms with van der Waals surface area (Å²) in [6, 6.07) is 8.43. The highest BCUT2D eigenvalue weighted by atomic mass is 16.5. The molecule has 21 heavy (non-hydrogen) atoms. The Labute approximate surface area is 122 Å². The number of methoxy groups -OCH3 is 1. The molecule has 0 unspecified atom stereocenters. The fourth-order valence-electron chi connectivity index (χ4n) is 1.68. The van der Waals surface area contributed by atoms with Gasteiger partial charge in [-0.25, -0.2) is 0 Å². The van der Waals surface area contributed by atoms with Gasteiger partial charge in [0.2, 0.25) is 5.95 Å². The second kappa shape index (κ2) is 6.08. The molecule has 110 valence electrons. The van der Waals surface area contributed by atoms with Gasteiger partial charge in [-0.3, -0.25) is 4.79 Å². The zero-order valence-corrected chi connectivity index (χ0v) is 12.1. The van der Waals surface area contributed by atoms with E-state index in [0.29, 0.717) is 22.9 Å². The number of hydrogen-bond donors (Lipinski definition) is 2. The number of carbonyl (C=O) groups excluding carboxylic acids is 1. The highest BCUT2D eigenvalue weighted by Gasteiger charge is 2.10. The van der Waals surface area contributed by atoms with E-state index in [0.717, 1.165) is 0 Å². The number of hydrogen-bond acceptors (Lipinski definition) is 6. The van der Waals surface area contributed by atoms with Gasteiger partial charge in [0.15, 0.2) is 0 Å². The monoisotopic (exact) mass is 287 g/mol. The molecule has 0 aliphatic carbocycles. The molecular formula is C14H17N5O2. The van der Waals surface area contributed by atoms with Gasteiger partial charge in [-0.2, -0.15) is 9.97 Å². The normalized spacial score (nSPS) is 10.0. The third kappa shape index (κ3) is 3.59. The first-order valence-corrected chi connectivity index (χ1v) is 6.27. The Morgan fingerprint density at radius 1 is 1.24 bits per heavy atom. The van der Waals surface area contributed by atoms with Crippen LogP contribution in [0.15, 0.2) is 30.3 Å². The molecule has 0 aliphatic heterocycles. The maximum absolute atomic E-state index is 12.1. The van der Waals surface area contributed by atoms with Crippen molar-refractivity contribution in [3.05, 3.63) is 35.9 Å². The van der Waals surface area contributed by atoms with E-state index in [1.165, 1.54) is 0 Å². The Kier molecular flexibility index (Phi) is 4.22. The summed E-state index contributed by atoms with van der Waals surface area (Å²) in [5, 5.41) is 2.69. The molecule has 1 aromatic carbocycles. The van der Waals surface area contributed by atoms with E-state index in [9.17, 15) is 4.79 Å². The van der Waals surface area contributed by atoms with Crippen LogP contribution in [0.2, 0.25) is 0 Å². The van der Waals surface area contributed by atoms with E-state index in [-0.39, 0.29) is 11.9 Å². The number of aromatic nitrogens is 2. The highest BCUT2D eigenvalue weighted by molar-refractivity contribution is 6.04. The minimum atomic E-state index is -0.277. The molecule has 7 nitrogen and oxygen atoms in total. The van der Waals surface area contributed by atoms with Crippen LogP contribution in [0.5, 0.6) is 5.75 Å². The zero-order valence-electron chi connectivity index (χ0n) is 12.1. The first kappa shape index (κ1) is 14.6. The van der Waals surface area contributed by atoms with E-state index in [2.05, 4.69) is 15.3 Å². The van der Waals surface area contributed by atoms with Crippen LogP contribution in [-0.4, -0.2) is 37.1 Å².